The molecule has 2 rings (SSSR count). The third-order valence-corrected chi connectivity index (χ3v) is 2.72. The molecule has 0 fully saturated rings. The lowest BCUT2D eigenvalue weighted by Gasteiger charge is -2.06. The zero-order chi connectivity index (χ0) is 15.2. The van der Waals surface area contributed by atoms with Crippen LogP contribution in [-0.4, -0.2) is 22.6 Å². The van der Waals surface area contributed by atoms with Crippen LogP contribution < -0.4 is 16.6 Å². The lowest BCUT2D eigenvalue weighted by atomic mass is 10.1. The summed E-state index contributed by atoms with van der Waals surface area (Å²) in [5.41, 5.74) is 7.54. The highest BCUT2D eigenvalue weighted by Crippen LogP contribution is 2.15. The third-order valence-electron chi connectivity index (χ3n) is 2.72. The Kier molecular flexibility index (Phi) is 4.49. The van der Waals surface area contributed by atoms with Gasteiger partial charge in [-0.05, 0) is 36.8 Å². The van der Waals surface area contributed by atoms with Crippen LogP contribution >= 0.6 is 0 Å². The number of nitrogens with zero attached hydrogens (tertiary/aromatic N) is 1. The van der Waals surface area contributed by atoms with Gasteiger partial charge in [0.25, 0.3) is 11.5 Å². The molecule has 6 nitrogen and oxygen atoms in total. The number of nitrogens with one attached hydrogen (secondary N) is 2. The fourth-order valence-electron chi connectivity index (χ4n) is 1.69. The number of aromatic amines is 1. The molecule has 0 radical (unpaired) electrons. The standard InChI is InChI=1S/C15H14N4O2/c1-10-9-12(5-4-11(10)3-2-8-16)17-15(21)13-6-7-14(20)19-18-13/h4-7,9H,8,16H2,1H3,(H,17,21)(H,19,20). The van der Waals surface area contributed by atoms with E-state index in [1.807, 2.05) is 19.1 Å². The summed E-state index contributed by atoms with van der Waals surface area (Å²) in [7, 11) is 0. The van der Waals surface area contributed by atoms with E-state index in [0.29, 0.717) is 12.2 Å². The number of nitrogens with two attached hydrogens (primary N) is 1. The number of aromatic nitrogens is 2. The van der Waals surface area contributed by atoms with Crippen LogP contribution in [0.15, 0.2) is 35.1 Å². The summed E-state index contributed by atoms with van der Waals surface area (Å²) in [6.07, 6.45) is 0. The second kappa shape index (κ2) is 6.50. The van der Waals surface area contributed by atoms with Gasteiger partial charge in [-0.15, -0.1) is 0 Å². The Morgan fingerprint density at radius 2 is 2.19 bits per heavy atom. The topological polar surface area (TPSA) is 101 Å². The highest BCUT2D eigenvalue weighted by Gasteiger charge is 2.08. The van der Waals surface area contributed by atoms with Crippen LogP contribution in [-0.2, 0) is 0 Å². The molecule has 2 aromatic rings. The molecule has 0 atom stereocenters. The van der Waals surface area contributed by atoms with Crippen LogP contribution in [0, 0.1) is 18.8 Å². The predicted molar refractivity (Wildman–Crippen MR) is 79.9 cm³/mol. The zero-order valence-electron chi connectivity index (χ0n) is 11.4. The maximum Gasteiger partial charge on any atom is 0.276 e. The number of H-pyrrole nitrogens is 1. The molecule has 0 spiro atoms. The summed E-state index contributed by atoms with van der Waals surface area (Å²) in [5, 5.41) is 8.59. The highest BCUT2D eigenvalue weighted by atomic mass is 16.2. The van der Waals surface area contributed by atoms with Gasteiger partial charge in [0.05, 0.1) is 6.54 Å². The van der Waals surface area contributed by atoms with Crippen molar-refractivity contribution in [3.05, 3.63) is 57.5 Å². The van der Waals surface area contributed by atoms with E-state index < -0.39 is 5.91 Å². The summed E-state index contributed by atoms with van der Waals surface area (Å²) in [6, 6.07) is 7.98. The summed E-state index contributed by atoms with van der Waals surface area (Å²) in [5.74, 6) is 5.34. The molecule has 4 N–H and O–H groups in total. The summed E-state index contributed by atoms with van der Waals surface area (Å²) in [4.78, 5) is 22.9. The Labute approximate surface area is 121 Å². The average Bonchev–Trinajstić information content (AvgIpc) is 2.47. The maximum absolute atomic E-state index is 12.0. The molecule has 6 heteroatoms. The van der Waals surface area contributed by atoms with Gasteiger partial charge in [0, 0.05) is 17.3 Å². The van der Waals surface area contributed by atoms with Crippen LogP contribution in [0.2, 0.25) is 0 Å². The molecule has 0 aliphatic rings. The number of carbonyl (C=O) groups excluding carboxylic acids is 1. The minimum Gasteiger partial charge on any atom is -0.321 e. The second-order valence-corrected chi connectivity index (χ2v) is 4.30. The quantitative estimate of drug-likeness (QED) is 0.704. The number of aryl methyl sites for hydroxylation is 1. The number of carbonyl (C=O) groups is 1. The van der Waals surface area contributed by atoms with Crippen molar-refractivity contribution in [3.63, 3.8) is 0 Å². The van der Waals surface area contributed by atoms with Gasteiger partial charge < -0.3 is 11.1 Å². The lowest BCUT2D eigenvalue weighted by molar-refractivity contribution is 0.102. The first-order chi connectivity index (χ1) is 10.1. The van der Waals surface area contributed by atoms with Crippen molar-refractivity contribution >= 4 is 11.6 Å². The van der Waals surface area contributed by atoms with E-state index in [1.165, 1.54) is 12.1 Å². The van der Waals surface area contributed by atoms with Crippen molar-refractivity contribution in [2.24, 2.45) is 5.73 Å². The van der Waals surface area contributed by atoms with Crippen LogP contribution in [0.25, 0.3) is 0 Å². The average molecular weight is 282 g/mol. The summed E-state index contributed by atoms with van der Waals surface area (Å²) in [6.45, 7) is 2.20. The van der Waals surface area contributed by atoms with Gasteiger partial charge in [-0.1, -0.05) is 11.8 Å². The van der Waals surface area contributed by atoms with Gasteiger partial charge in [0.1, 0.15) is 5.69 Å². The highest BCUT2D eigenvalue weighted by molar-refractivity contribution is 6.02. The molecule has 106 valence electrons. The van der Waals surface area contributed by atoms with E-state index in [1.54, 1.807) is 6.07 Å². The van der Waals surface area contributed by atoms with E-state index >= 15 is 0 Å². The minimum absolute atomic E-state index is 0.138. The number of hydrogen-bond donors (Lipinski definition) is 3. The molecule has 1 amide bonds. The molecular formula is C15H14N4O2. The Morgan fingerprint density at radius 3 is 2.81 bits per heavy atom. The number of anilines is 1. The van der Waals surface area contributed by atoms with Gasteiger partial charge in [0.2, 0.25) is 0 Å². The first-order valence-electron chi connectivity index (χ1n) is 6.27. The fourth-order valence-corrected chi connectivity index (χ4v) is 1.69. The van der Waals surface area contributed by atoms with Crippen molar-refractivity contribution in [3.8, 4) is 11.8 Å². The number of amides is 1. The van der Waals surface area contributed by atoms with E-state index in [2.05, 4.69) is 27.4 Å². The van der Waals surface area contributed by atoms with E-state index in [-0.39, 0.29) is 11.3 Å². The van der Waals surface area contributed by atoms with Crippen molar-refractivity contribution < 1.29 is 4.79 Å². The Bertz CT molecular complexity index is 764. The second-order valence-electron chi connectivity index (χ2n) is 4.30. The van der Waals surface area contributed by atoms with Crippen molar-refractivity contribution in [1.29, 1.82) is 0 Å². The first kappa shape index (κ1) is 14.5. The molecule has 1 aromatic carbocycles. The van der Waals surface area contributed by atoms with E-state index in [4.69, 9.17) is 5.73 Å². The molecule has 0 saturated carbocycles. The van der Waals surface area contributed by atoms with Gasteiger partial charge in [-0.25, -0.2) is 5.10 Å². The SMILES string of the molecule is Cc1cc(NC(=O)c2ccc(=O)[nH]n2)ccc1C#CCN. The van der Waals surface area contributed by atoms with Crippen LogP contribution in [0.5, 0.6) is 0 Å². The van der Waals surface area contributed by atoms with Gasteiger partial charge in [-0.2, -0.15) is 5.10 Å². The number of rotatable bonds is 2. The lowest BCUT2D eigenvalue weighted by Crippen LogP contribution is -2.17. The molecule has 0 bridgehead atoms. The first-order valence-corrected chi connectivity index (χ1v) is 6.27. The normalized spacial score (nSPS) is 9.62. The Balaban J connectivity index is 2.16. The smallest absolute Gasteiger partial charge is 0.276 e. The molecule has 1 aromatic heterocycles. The van der Waals surface area contributed by atoms with Gasteiger partial charge >= 0.3 is 0 Å². The van der Waals surface area contributed by atoms with Gasteiger partial charge in [-0.3, -0.25) is 9.59 Å². The monoisotopic (exact) mass is 282 g/mol. The minimum atomic E-state index is -0.397. The molecule has 0 saturated heterocycles. The zero-order valence-corrected chi connectivity index (χ0v) is 11.4. The fraction of sp³-hybridized carbons (Fsp3) is 0.133. The third kappa shape index (κ3) is 3.78. The molecule has 0 unspecified atom stereocenters. The molecule has 21 heavy (non-hydrogen) atoms. The summed E-state index contributed by atoms with van der Waals surface area (Å²) >= 11 is 0. The Morgan fingerprint density at radius 1 is 1.38 bits per heavy atom. The van der Waals surface area contributed by atoms with E-state index in [0.717, 1.165) is 11.1 Å². The predicted octanol–water partition coefficient (Wildman–Crippen LogP) is 0.641. The van der Waals surface area contributed by atoms with Crippen LogP contribution in [0.1, 0.15) is 21.6 Å². The maximum atomic E-state index is 12.0. The van der Waals surface area contributed by atoms with Crippen molar-refractivity contribution in [2.75, 3.05) is 11.9 Å². The molecule has 0 aliphatic heterocycles. The van der Waals surface area contributed by atoms with Gasteiger partial charge in [0.15, 0.2) is 0 Å². The van der Waals surface area contributed by atoms with E-state index in [9.17, 15) is 9.59 Å². The largest absolute Gasteiger partial charge is 0.321 e. The Hall–Kier alpha value is -2.91. The molecule has 0 aliphatic carbocycles. The van der Waals surface area contributed by atoms with Crippen molar-refractivity contribution in [2.45, 2.75) is 6.92 Å². The van der Waals surface area contributed by atoms with Crippen molar-refractivity contribution in [1.82, 2.24) is 10.2 Å². The molecular weight excluding hydrogens is 268 g/mol. The van der Waals surface area contributed by atoms with Crippen LogP contribution in [0.4, 0.5) is 5.69 Å². The number of benzene rings is 1. The summed E-state index contributed by atoms with van der Waals surface area (Å²) < 4.78 is 0. The molecule has 1 heterocycles. The number of hydrogen-bond acceptors (Lipinski definition) is 4. The van der Waals surface area contributed by atoms with Crippen LogP contribution in [0.3, 0.4) is 0 Å².